The normalized spacial score (nSPS) is 15.3. The van der Waals surface area contributed by atoms with Gasteiger partial charge in [0.1, 0.15) is 9.88 Å². The molecule has 0 radical (unpaired) electrons. The summed E-state index contributed by atoms with van der Waals surface area (Å²) in [6.07, 6.45) is 1.68. The molecule has 1 aliphatic heterocycles. The molecule has 33 heavy (non-hydrogen) atoms. The van der Waals surface area contributed by atoms with E-state index in [1.54, 1.807) is 0 Å². The first kappa shape index (κ1) is 23.2. The van der Waals surface area contributed by atoms with Crippen molar-refractivity contribution >= 4 is 23.2 Å². The van der Waals surface area contributed by atoms with Gasteiger partial charge in [0, 0.05) is 31.1 Å². The van der Waals surface area contributed by atoms with Crippen LogP contribution in [0.3, 0.4) is 0 Å². The summed E-state index contributed by atoms with van der Waals surface area (Å²) in [5.74, 6) is 0.368. The second-order valence-corrected chi connectivity index (χ2v) is 9.92. The molecule has 5 nitrogen and oxygen atoms in total. The van der Waals surface area contributed by atoms with Gasteiger partial charge in [0.25, 0.3) is 5.91 Å². The lowest BCUT2D eigenvalue weighted by molar-refractivity contribution is -0.126. The Morgan fingerprint density at radius 3 is 2.39 bits per heavy atom. The maximum absolute atomic E-state index is 13.2. The molecule has 3 aromatic rings. The molecular weight excluding hydrogens is 430 g/mol. The highest BCUT2D eigenvalue weighted by molar-refractivity contribution is 7.17. The van der Waals surface area contributed by atoms with Crippen LogP contribution in [0.1, 0.15) is 46.3 Å². The summed E-state index contributed by atoms with van der Waals surface area (Å²) in [5, 5.41) is 3.94. The van der Waals surface area contributed by atoms with Gasteiger partial charge in [0.2, 0.25) is 5.91 Å². The fraction of sp³-hybridized carbons (Fsp3) is 0.370. The van der Waals surface area contributed by atoms with E-state index >= 15 is 0 Å². The maximum atomic E-state index is 13.2. The van der Waals surface area contributed by atoms with Crippen molar-refractivity contribution in [1.29, 1.82) is 0 Å². The number of hydrogen-bond acceptors (Lipinski definition) is 4. The number of nitrogens with one attached hydrogen (secondary N) is 1. The Bertz CT molecular complexity index is 1100. The van der Waals surface area contributed by atoms with Gasteiger partial charge in [0.05, 0.1) is 5.69 Å². The number of piperidine rings is 1. The van der Waals surface area contributed by atoms with E-state index in [4.69, 9.17) is 0 Å². The Morgan fingerprint density at radius 1 is 1.06 bits per heavy atom. The largest absolute Gasteiger partial charge is 0.352 e. The summed E-state index contributed by atoms with van der Waals surface area (Å²) in [6, 6.07) is 18.2. The van der Waals surface area contributed by atoms with Gasteiger partial charge in [-0.1, -0.05) is 67.1 Å². The zero-order chi connectivity index (χ0) is 23.4. The second-order valence-electron chi connectivity index (χ2n) is 8.92. The van der Waals surface area contributed by atoms with E-state index in [0.717, 1.165) is 39.5 Å². The van der Waals surface area contributed by atoms with Crippen LogP contribution >= 0.6 is 11.3 Å². The number of carbonyl (C=O) groups excluding carboxylic acids is 2. The van der Waals surface area contributed by atoms with Crippen molar-refractivity contribution in [2.24, 2.45) is 11.8 Å². The van der Waals surface area contributed by atoms with Gasteiger partial charge in [0.15, 0.2) is 0 Å². The van der Waals surface area contributed by atoms with Crippen LogP contribution in [0, 0.1) is 25.7 Å². The Kier molecular flexibility index (Phi) is 7.23. The first-order valence-electron chi connectivity index (χ1n) is 11.6. The number of thiazole rings is 1. The molecule has 2 amide bonds. The molecule has 0 aliphatic carbocycles. The average Bonchev–Trinajstić information content (AvgIpc) is 3.24. The standard InChI is InChI=1S/C27H31N3O2S/c1-18-9-11-23(12-10-18)26-29-20(3)24(33-26)27(32)30-15-13-22(14-16-30)19(2)25(31)28-17-21-7-5-4-6-8-21/h4-12,19,22H,13-17H2,1-3H3,(H,28,31). The summed E-state index contributed by atoms with van der Waals surface area (Å²) in [6.45, 7) is 7.88. The smallest absolute Gasteiger partial charge is 0.265 e. The van der Waals surface area contributed by atoms with Crippen molar-refractivity contribution in [2.75, 3.05) is 13.1 Å². The number of nitrogens with zero attached hydrogens (tertiary/aromatic N) is 2. The highest BCUT2D eigenvalue weighted by atomic mass is 32.1. The second kappa shape index (κ2) is 10.3. The molecule has 1 aliphatic rings. The van der Waals surface area contributed by atoms with E-state index < -0.39 is 0 Å². The molecule has 2 aromatic carbocycles. The van der Waals surface area contributed by atoms with Crippen LogP contribution < -0.4 is 5.32 Å². The van der Waals surface area contributed by atoms with Gasteiger partial charge in [-0.2, -0.15) is 0 Å². The molecule has 0 saturated carbocycles. The van der Waals surface area contributed by atoms with Crippen LogP contribution in [-0.4, -0.2) is 34.8 Å². The Balaban J connectivity index is 1.32. The number of carbonyl (C=O) groups is 2. The third kappa shape index (κ3) is 5.50. The minimum Gasteiger partial charge on any atom is -0.352 e. The van der Waals surface area contributed by atoms with Crippen LogP contribution in [0.25, 0.3) is 10.6 Å². The molecule has 0 bridgehead atoms. The number of hydrogen-bond donors (Lipinski definition) is 1. The summed E-state index contributed by atoms with van der Waals surface area (Å²) in [4.78, 5) is 33.2. The highest BCUT2D eigenvalue weighted by Crippen LogP contribution is 2.31. The molecule has 2 heterocycles. The number of likely N-dealkylation sites (tertiary alicyclic amines) is 1. The zero-order valence-corrected chi connectivity index (χ0v) is 20.3. The minimum atomic E-state index is -0.0655. The lowest BCUT2D eigenvalue weighted by atomic mass is 9.84. The van der Waals surface area contributed by atoms with Crippen molar-refractivity contribution in [3.8, 4) is 10.6 Å². The molecule has 172 valence electrons. The summed E-state index contributed by atoms with van der Waals surface area (Å²) in [7, 11) is 0. The van der Waals surface area contributed by atoms with Gasteiger partial charge in [-0.25, -0.2) is 4.98 Å². The molecular formula is C27H31N3O2S. The zero-order valence-electron chi connectivity index (χ0n) is 19.5. The van der Waals surface area contributed by atoms with Gasteiger partial charge in [-0.15, -0.1) is 11.3 Å². The lowest BCUT2D eigenvalue weighted by Gasteiger charge is -2.34. The van der Waals surface area contributed by atoms with Crippen molar-refractivity contribution in [3.63, 3.8) is 0 Å². The van der Waals surface area contributed by atoms with Crippen LogP contribution in [0.4, 0.5) is 0 Å². The lowest BCUT2D eigenvalue weighted by Crippen LogP contribution is -2.42. The summed E-state index contributed by atoms with van der Waals surface area (Å²) >= 11 is 1.47. The molecule has 1 N–H and O–H groups in total. The van der Waals surface area contributed by atoms with E-state index in [-0.39, 0.29) is 23.7 Å². The van der Waals surface area contributed by atoms with E-state index in [0.29, 0.717) is 19.6 Å². The molecule has 1 unspecified atom stereocenters. The fourth-order valence-corrected chi connectivity index (χ4v) is 5.36. The minimum absolute atomic E-state index is 0.0583. The number of aromatic nitrogens is 1. The molecule has 4 rings (SSSR count). The predicted molar refractivity (Wildman–Crippen MR) is 133 cm³/mol. The van der Waals surface area contributed by atoms with Gasteiger partial charge in [-0.3, -0.25) is 9.59 Å². The molecule has 1 saturated heterocycles. The SMILES string of the molecule is Cc1ccc(-c2nc(C)c(C(=O)N3CCC(C(C)C(=O)NCc4ccccc4)CC3)s2)cc1. The fourth-order valence-electron chi connectivity index (χ4n) is 4.32. The monoisotopic (exact) mass is 461 g/mol. The van der Waals surface area contributed by atoms with Crippen molar-refractivity contribution in [1.82, 2.24) is 15.2 Å². The third-order valence-corrected chi connectivity index (χ3v) is 7.74. The van der Waals surface area contributed by atoms with Gasteiger partial charge >= 0.3 is 0 Å². The van der Waals surface area contributed by atoms with Crippen molar-refractivity contribution in [3.05, 3.63) is 76.3 Å². The van der Waals surface area contributed by atoms with Crippen molar-refractivity contribution in [2.45, 2.75) is 40.2 Å². The number of benzene rings is 2. The first-order chi connectivity index (χ1) is 15.9. The van der Waals surface area contributed by atoms with Crippen LogP contribution in [0.2, 0.25) is 0 Å². The maximum Gasteiger partial charge on any atom is 0.265 e. The van der Waals surface area contributed by atoms with Gasteiger partial charge < -0.3 is 10.2 Å². The third-order valence-electron chi connectivity index (χ3n) is 6.55. The van der Waals surface area contributed by atoms with Crippen LogP contribution in [0.15, 0.2) is 54.6 Å². The van der Waals surface area contributed by atoms with E-state index in [2.05, 4.69) is 41.5 Å². The van der Waals surface area contributed by atoms with E-state index in [1.165, 1.54) is 16.9 Å². The predicted octanol–water partition coefficient (Wildman–Crippen LogP) is 5.23. The number of aryl methyl sites for hydroxylation is 2. The van der Waals surface area contributed by atoms with Crippen molar-refractivity contribution < 1.29 is 9.59 Å². The number of rotatable bonds is 6. The van der Waals surface area contributed by atoms with Crippen LogP contribution in [-0.2, 0) is 11.3 Å². The van der Waals surface area contributed by atoms with Gasteiger partial charge in [-0.05, 0) is 38.2 Å². The molecule has 0 spiro atoms. The topological polar surface area (TPSA) is 62.3 Å². The number of amides is 2. The Labute approximate surface area is 199 Å². The van der Waals surface area contributed by atoms with E-state index in [9.17, 15) is 9.59 Å². The molecule has 1 fully saturated rings. The van der Waals surface area contributed by atoms with Crippen LogP contribution in [0.5, 0.6) is 0 Å². The average molecular weight is 462 g/mol. The molecule has 6 heteroatoms. The molecule has 1 atom stereocenters. The summed E-state index contributed by atoms with van der Waals surface area (Å²) < 4.78 is 0. The highest BCUT2D eigenvalue weighted by Gasteiger charge is 2.31. The van der Waals surface area contributed by atoms with E-state index in [1.807, 2.05) is 49.1 Å². The quantitative estimate of drug-likeness (QED) is 0.547. The Hall–Kier alpha value is -2.99. The summed E-state index contributed by atoms with van der Waals surface area (Å²) in [5.41, 5.74) is 4.13. The first-order valence-corrected chi connectivity index (χ1v) is 12.4. The molecule has 1 aromatic heterocycles. The Morgan fingerprint density at radius 2 is 1.73 bits per heavy atom.